The fourth-order valence-corrected chi connectivity index (χ4v) is 4.23. The van der Waals surface area contributed by atoms with Gasteiger partial charge in [0.1, 0.15) is 4.70 Å². The summed E-state index contributed by atoms with van der Waals surface area (Å²) >= 11 is 8.59. The van der Waals surface area contributed by atoms with Crippen molar-refractivity contribution in [2.75, 3.05) is 11.1 Å². The van der Waals surface area contributed by atoms with Crippen LogP contribution < -0.4 is 10.9 Å². The monoisotopic (exact) mass is 407 g/mol. The molecule has 1 amide bonds. The Kier molecular flexibility index (Phi) is 6.01. The molecule has 5 nitrogen and oxygen atoms in total. The minimum absolute atomic E-state index is 0.0450. The smallest absolute Gasteiger partial charge is 0.272 e. The third kappa shape index (κ3) is 4.47. The standard InChI is InChI=1S/C18H18ClN3O2S2/c1-11(2)9-22-17(24)16-14(6-7-25-16)21-18(22)26-10-15(23)20-13-5-3-4-12(19)8-13/h3-8,11H,9-10H2,1-2H3,(H,20,23). The van der Waals surface area contributed by atoms with Crippen LogP contribution in [0.5, 0.6) is 0 Å². The summed E-state index contributed by atoms with van der Waals surface area (Å²) in [4.78, 5) is 29.5. The molecule has 0 bridgehead atoms. The molecule has 0 radical (unpaired) electrons. The van der Waals surface area contributed by atoms with Gasteiger partial charge in [0.15, 0.2) is 5.16 Å². The Morgan fingerprint density at radius 1 is 1.38 bits per heavy atom. The number of hydrogen-bond donors (Lipinski definition) is 1. The summed E-state index contributed by atoms with van der Waals surface area (Å²) in [5.74, 6) is 0.284. The molecule has 3 rings (SSSR count). The summed E-state index contributed by atoms with van der Waals surface area (Å²) in [6.07, 6.45) is 0. The third-order valence-electron chi connectivity index (χ3n) is 3.52. The van der Waals surface area contributed by atoms with Crippen LogP contribution in [0.25, 0.3) is 10.2 Å². The molecule has 26 heavy (non-hydrogen) atoms. The highest BCUT2D eigenvalue weighted by atomic mass is 35.5. The molecule has 1 aromatic carbocycles. The maximum atomic E-state index is 12.7. The number of nitrogens with one attached hydrogen (secondary N) is 1. The van der Waals surface area contributed by atoms with E-state index in [-0.39, 0.29) is 17.2 Å². The lowest BCUT2D eigenvalue weighted by molar-refractivity contribution is -0.113. The van der Waals surface area contributed by atoms with E-state index in [0.29, 0.717) is 38.5 Å². The van der Waals surface area contributed by atoms with Crippen LogP contribution in [-0.2, 0) is 11.3 Å². The van der Waals surface area contributed by atoms with Gasteiger partial charge in [-0.1, -0.05) is 43.3 Å². The van der Waals surface area contributed by atoms with Crippen molar-refractivity contribution >= 4 is 56.5 Å². The van der Waals surface area contributed by atoms with E-state index in [1.807, 2.05) is 25.3 Å². The molecular weight excluding hydrogens is 390 g/mol. The molecule has 0 unspecified atom stereocenters. The zero-order chi connectivity index (χ0) is 18.7. The number of aromatic nitrogens is 2. The number of thioether (sulfide) groups is 1. The number of halogens is 1. The molecule has 0 aliphatic rings. The zero-order valence-corrected chi connectivity index (χ0v) is 16.7. The lowest BCUT2D eigenvalue weighted by Crippen LogP contribution is -2.25. The Morgan fingerprint density at radius 2 is 2.19 bits per heavy atom. The van der Waals surface area contributed by atoms with Gasteiger partial charge in [-0.2, -0.15) is 0 Å². The number of anilines is 1. The molecule has 2 heterocycles. The molecule has 0 aliphatic heterocycles. The van der Waals surface area contributed by atoms with Crippen molar-refractivity contribution in [1.29, 1.82) is 0 Å². The summed E-state index contributed by atoms with van der Waals surface area (Å²) < 4.78 is 2.32. The molecule has 0 fully saturated rings. The second kappa shape index (κ2) is 8.24. The van der Waals surface area contributed by atoms with Crippen molar-refractivity contribution in [2.45, 2.75) is 25.5 Å². The third-order valence-corrected chi connectivity index (χ3v) is 5.62. The fraction of sp³-hybridized carbons (Fsp3) is 0.278. The summed E-state index contributed by atoms with van der Waals surface area (Å²) in [6, 6.07) is 8.82. The summed E-state index contributed by atoms with van der Waals surface area (Å²) in [7, 11) is 0. The van der Waals surface area contributed by atoms with Crippen LogP contribution in [0.2, 0.25) is 5.02 Å². The van der Waals surface area contributed by atoms with Crippen molar-refractivity contribution in [2.24, 2.45) is 5.92 Å². The first-order chi connectivity index (χ1) is 12.4. The van der Waals surface area contributed by atoms with Gasteiger partial charge in [-0.05, 0) is 35.6 Å². The van der Waals surface area contributed by atoms with Crippen molar-refractivity contribution in [3.05, 3.63) is 51.1 Å². The Morgan fingerprint density at radius 3 is 2.92 bits per heavy atom. The van der Waals surface area contributed by atoms with E-state index in [0.717, 1.165) is 0 Å². The van der Waals surface area contributed by atoms with Crippen LogP contribution in [0.3, 0.4) is 0 Å². The first kappa shape index (κ1) is 18.9. The second-order valence-electron chi connectivity index (χ2n) is 6.19. The van der Waals surface area contributed by atoms with Gasteiger partial charge in [-0.25, -0.2) is 4.98 Å². The molecule has 136 valence electrons. The number of rotatable bonds is 6. The molecule has 3 aromatic rings. The van der Waals surface area contributed by atoms with E-state index in [1.165, 1.54) is 23.1 Å². The van der Waals surface area contributed by atoms with Gasteiger partial charge < -0.3 is 5.32 Å². The average Bonchev–Trinajstić information content (AvgIpc) is 3.04. The molecule has 0 saturated heterocycles. The first-order valence-corrected chi connectivity index (χ1v) is 10.3. The zero-order valence-electron chi connectivity index (χ0n) is 14.4. The lowest BCUT2D eigenvalue weighted by atomic mass is 10.2. The molecule has 1 N–H and O–H groups in total. The summed E-state index contributed by atoms with van der Waals surface area (Å²) in [5.41, 5.74) is 1.28. The number of fused-ring (bicyclic) bond motifs is 1. The van der Waals surface area contributed by atoms with Gasteiger partial charge in [-0.15, -0.1) is 11.3 Å². The molecular formula is C18H18ClN3O2S2. The van der Waals surface area contributed by atoms with Crippen LogP contribution in [0.4, 0.5) is 5.69 Å². The number of thiophene rings is 1. The molecule has 0 saturated carbocycles. The highest BCUT2D eigenvalue weighted by Gasteiger charge is 2.15. The van der Waals surface area contributed by atoms with Crippen LogP contribution >= 0.6 is 34.7 Å². The summed E-state index contributed by atoms with van der Waals surface area (Å²) in [6.45, 7) is 4.66. The predicted octanol–water partition coefficient (Wildman–Crippen LogP) is 4.50. The Hall–Kier alpha value is -1.83. The van der Waals surface area contributed by atoms with E-state index >= 15 is 0 Å². The van der Waals surface area contributed by atoms with Gasteiger partial charge >= 0.3 is 0 Å². The van der Waals surface area contributed by atoms with Crippen molar-refractivity contribution in [1.82, 2.24) is 9.55 Å². The largest absolute Gasteiger partial charge is 0.325 e. The Labute approximate surface area is 164 Å². The SMILES string of the molecule is CC(C)Cn1c(SCC(=O)Nc2cccc(Cl)c2)nc2ccsc2c1=O. The van der Waals surface area contributed by atoms with Gasteiger partial charge in [0.05, 0.1) is 11.3 Å². The number of nitrogens with zero attached hydrogens (tertiary/aromatic N) is 2. The topological polar surface area (TPSA) is 64.0 Å². The van der Waals surface area contributed by atoms with Crippen LogP contribution in [0.1, 0.15) is 13.8 Å². The first-order valence-electron chi connectivity index (χ1n) is 8.10. The lowest BCUT2D eigenvalue weighted by Gasteiger charge is -2.13. The molecule has 0 spiro atoms. The van der Waals surface area contributed by atoms with Crippen LogP contribution in [0.15, 0.2) is 45.7 Å². The van der Waals surface area contributed by atoms with Gasteiger partial charge in [0.25, 0.3) is 5.56 Å². The average molecular weight is 408 g/mol. The van der Waals surface area contributed by atoms with Gasteiger partial charge in [0, 0.05) is 17.3 Å². The Bertz CT molecular complexity index is 998. The highest BCUT2D eigenvalue weighted by molar-refractivity contribution is 7.99. The maximum Gasteiger partial charge on any atom is 0.272 e. The number of carbonyl (C=O) groups is 1. The van der Waals surface area contributed by atoms with Gasteiger partial charge in [-0.3, -0.25) is 14.2 Å². The van der Waals surface area contributed by atoms with E-state index in [4.69, 9.17) is 11.6 Å². The highest BCUT2D eigenvalue weighted by Crippen LogP contribution is 2.22. The van der Waals surface area contributed by atoms with Crippen molar-refractivity contribution in [3.8, 4) is 0 Å². The van der Waals surface area contributed by atoms with E-state index < -0.39 is 0 Å². The quantitative estimate of drug-likeness (QED) is 0.482. The van der Waals surface area contributed by atoms with Crippen LogP contribution in [0, 0.1) is 5.92 Å². The number of carbonyl (C=O) groups excluding carboxylic acids is 1. The second-order valence-corrected chi connectivity index (χ2v) is 8.48. The number of hydrogen-bond acceptors (Lipinski definition) is 5. The van der Waals surface area contributed by atoms with Crippen LogP contribution in [-0.4, -0.2) is 21.2 Å². The molecule has 0 atom stereocenters. The number of benzene rings is 1. The van der Waals surface area contributed by atoms with E-state index in [1.54, 1.807) is 28.8 Å². The predicted molar refractivity (Wildman–Crippen MR) is 110 cm³/mol. The fourth-order valence-electron chi connectivity index (χ4n) is 2.45. The molecule has 8 heteroatoms. The van der Waals surface area contributed by atoms with Crippen molar-refractivity contribution < 1.29 is 4.79 Å². The Balaban J connectivity index is 1.79. The summed E-state index contributed by atoms with van der Waals surface area (Å²) in [5, 5.41) is 5.79. The molecule has 0 aliphatic carbocycles. The minimum Gasteiger partial charge on any atom is -0.325 e. The normalized spacial score (nSPS) is 11.2. The van der Waals surface area contributed by atoms with Gasteiger partial charge in [0.2, 0.25) is 5.91 Å². The minimum atomic E-state index is -0.173. The van der Waals surface area contributed by atoms with Crippen molar-refractivity contribution in [3.63, 3.8) is 0 Å². The molecule has 2 aromatic heterocycles. The number of amides is 1. The maximum absolute atomic E-state index is 12.7. The van der Waals surface area contributed by atoms with E-state index in [9.17, 15) is 9.59 Å². The van der Waals surface area contributed by atoms with E-state index in [2.05, 4.69) is 10.3 Å².